The van der Waals surface area contributed by atoms with Crippen molar-refractivity contribution in [1.29, 1.82) is 0 Å². The predicted molar refractivity (Wildman–Crippen MR) is 112 cm³/mol. The van der Waals surface area contributed by atoms with Crippen molar-refractivity contribution < 1.29 is 9.53 Å². The van der Waals surface area contributed by atoms with Crippen LogP contribution in [0.2, 0.25) is 0 Å². The number of nitrogens with zero attached hydrogens (tertiary/aromatic N) is 2. The Morgan fingerprint density at radius 1 is 1.07 bits per heavy atom. The fraction of sp³-hybridized carbons (Fsp3) is 0.304. The lowest BCUT2D eigenvalue weighted by atomic mass is 9.89. The molecule has 0 saturated carbocycles. The molecule has 0 spiro atoms. The Balaban J connectivity index is 1.52. The molecule has 1 saturated heterocycles. The predicted octanol–water partition coefficient (Wildman–Crippen LogP) is 4.30. The largest absolute Gasteiger partial charge is 0.496 e. The van der Waals surface area contributed by atoms with E-state index in [1.807, 2.05) is 30.3 Å². The second kappa shape index (κ2) is 7.98. The first-order valence-corrected chi connectivity index (χ1v) is 9.66. The van der Waals surface area contributed by atoms with Crippen LogP contribution < -0.4 is 10.1 Å². The number of rotatable bonds is 4. The average Bonchev–Trinajstić information content (AvgIpc) is 2.74. The standard InChI is InChI=1S/C23H25N3O2/c1-26-13-10-17(11-14-26)16-3-5-18(6-4-16)23(27)25-21-7-8-22(28-2)20-15-24-12-9-19(20)21/h3-9,12,15,17H,10-11,13-14H2,1-2H3,(H,25,27). The summed E-state index contributed by atoms with van der Waals surface area (Å²) in [6.45, 7) is 2.26. The van der Waals surface area contributed by atoms with Gasteiger partial charge in [-0.3, -0.25) is 9.78 Å². The van der Waals surface area contributed by atoms with Crippen LogP contribution in [0.3, 0.4) is 0 Å². The maximum atomic E-state index is 12.8. The highest BCUT2D eigenvalue weighted by molar-refractivity contribution is 6.09. The highest BCUT2D eigenvalue weighted by atomic mass is 16.5. The molecule has 144 valence electrons. The topological polar surface area (TPSA) is 54.5 Å². The van der Waals surface area contributed by atoms with Crippen LogP contribution in [0, 0.1) is 0 Å². The van der Waals surface area contributed by atoms with Gasteiger partial charge in [0.1, 0.15) is 5.75 Å². The van der Waals surface area contributed by atoms with E-state index in [1.165, 1.54) is 18.4 Å². The van der Waals surface area contributed by atoms with Gasteiger partial charge in [-0.2, -0.15) is 0 Å². The highest BCUT2D eigenvalue weighted by Crippen LogP contribution is 2.31. The Morgan fingerprint density at radius 3 is 2.54 bits per heavy atom. The summed E-state index contributed by atoms with van der Waals surface area (Å²) in [7, 11) is 3.80. The molecule has 28 heavy (non-hydrogen) atoms. The van der Waals surface area contributed by atoms with Gasteiger partial charge in [-0.15, -0.1) is 0 Å². The summed E-state index contributed by atoms with van der Waals surface area (Å²) >= 11 is 0. The number of benzene rings is 2. The third-order valence-corrected chi connectivity index (χ3v) is 5.61. The average molecular weight is 375 g/mol. The van der Waals surface area contributed by atoms with Crippen LogP contribution in [0.25, 0.3) is 10.8 Å². The van der Waals surface area contributed by atoms with Gasteiger partial charge in [0.05, 0.1) is 7.11 Å². The van der Waals surface area contributed by atoms with E-state index in [0.29, 0.717) is 11.5 Å². The van der Waals surface area contributed by atoms with Crippen LogP contribution in [0.1, 0.15) is 34.7 Å². The monoisotopic (exact) mass is 375 g/mol. The molecule has 0 unspecified atom stereocenters. The van der Waals surface area contributed by atoms with Gasteiger partial charge in [0.2, 0.25) is 0 Å². The molecule has 1 aliphatic heterocycles. The second-order valence-corrected chi connectivity index (χ2v) is 7.39. The van der Waals surface area contributed by atoms with Gasteiger partial charge in [0, 0.05) is 34.4 Å². The molecule has 5 heteroatoms. The van der Waals surface area contributed by atoms with Crippen molar-refractivity contribution in [2.24, 2.45) is 0 Å². The first-order chi connectivity index (χ1) is 13.7. The van der Waals surface area contributed by atoms with E-state index < -0.39 is 0 Å². The highest BCUT2D eigenvalue weighted by Gasteiger charge is 2.18. The summed E-state index contributed by atoms with van der Waals surface area (Å²) in [5, 5.41) is 4.81. The van der Waals surface area contributed by atoms with E-state index in [4.69, 9.17) is 4.74 Å². The van der Waals surface area contributed by atoms with Crippen LogP contribution >= 0.6 is 0 Å². The van der Waals surface area contributed by atoms with Crippen molar-refractivity contribution in [2.45, 2.75) is 18.8 Å². The Bertz CT molecular complexity index is 977. The van der Waals surface area contributed by atoms with Gasteiger partial charge >= 0.3 is 0 Å². The Labute approximate surface area is 165 Å². The van der Waals surface area contributed by atoms with Crippen LogP contribution in [0.5, 0.6) is 5.75 Å². The van der Waals surface area contributed by atoms with Crippen molar-refractivity contribution in [1.82, 2.24) is 9.88 Å². The van der Waals surface area contributed by atoms with Crippen molar-refractivity contribution in [3.8, 4) is 5.75 Å². The van der Waals surface area contributed by atoms with Crippen molar-refractivity contribution >= 4 is 22.4 Å². The smallest absolute Gasteiger partial charge is 0.255 e. The summed E-state index contributed by atoms with van der Waals surface area (Å²) in [6, 6.07) is 13.7. The molecule has 1 N–H and O–H groups in total. The minimum Gasteiger partial charge on any atom is -0.496 e. The van der Waals surface area contributed by atoms with Crippen molar-refractivity contribution in [3.05, 3.63) is 66.0 Å². The lowest BCUT2D eigenvalue weighted by Gasteiger charge is -2.29. The molecule has 2 heterocycles. The molecule has 0 aliphatic carbocycles. The number of hydrogen-bond acceptors (Lipinski definition) is 4. The molecular weight excluding hydrogens is 350 g/mol. The molecule has 0 atom stereocenters. The van der Waals surface area contributed by atoms with Crippen LogP contribution in [-0.4, -0.2) is 43.0 Å². The van der Waals surface area contributed by atoms with E-state index >= 15 is 0 Å². The molecule has 0 bridgehead atoms. The molecule has 1 fully saturated rings. The van der Waals surface area contributed by atoms with Crippen LogP contribution in [0.4, 0.5) is 5.69 Å². The van der Waals surface area contributed by atoms with Gasteiger partial charge in [0.15, 0.2) is 0 Å². The fourth-order valence-electron chi connectivity index (χ4n) is 3.89. The zero-order chi connectivity index (χ0) is 19.5. The summed E-state index contributed by atoms with van der Waals surface area (Å²) < 4.78 is 5.39. The zero-order valence-electron chi connectivity index (χ0n) is 16.3. The maximum absolute atomic E-state index is 12.8. The number of carbonyl (C=O) groups is 1. The van der Waals surface area contributed by atoms with E-state index in [2.05, 4.69) is 34.4 Å². The minimum absolute atomic E-state index is 0.113. The number of ether oxygens (including phenoxy) is 1. The first kappa shape index (κ1) is 18.4. The van der Waals surface area contributed by atoms with Gasteiger partial charge in [-0.05, 0) is 74.8 Å². The molecule has 5 nitrogen and oxygen atoms in total. The number of aromatic nitrogens is 1. The van der Waals surface area contributed by atoms with Crippen molar-refractivity contribution in [2.75, 3.05) is 32.6 Å². The molecule has 4 rings (SSSR count). The summed E-state index contributed by atoms with van der Waals surface area (Å²) in [5.74, 6) is 1.22. The number of carbonyl (C=O) groups excluding carboxylic acids is 1. The molecule has 1 amide bonds. The van der Waals surface area contributed by atoms with Gasteiger partial charge in [0.25, 0.3) is 5.91 Å². The number of likely N-dealkylation sites (tertiary alicyclic amines) is 1. The van der Waals surface area contributed by atoms with Gasteiger partial charge < -0.3 is 15.0 Å². The third kappa shape index (κ3) is 3.71. The molecule has 1 aromatic heterocycles. The quantitative estimate of drug-likeness (QED) is 0.738. The molecule has 0 radical (unpaired) electrons. The number of piperidine rings is 1. The van der Waals surface area contributed by atoms with E-state index in [-0.39, 0.29) is 5.91 Å². The normalized spacial score (nSPS) is 15.5. The Kier molecular flexibility index (Phi) is 5.26. The lowest BCUT2D eigenvalue weighted by Crippen LogP contribution is -2.29. The number of hydrogen-bond donors (Lipinski definition) is 1. The summed E-state index contributed by atoms with van der Waals surface area (Å²) in [6.07, 6.45) is 5.82. The number of amides is 1. The van der Waals surface area contributed by atoms with Crippen LogP contribution in [-0.2, 0) is 0 Å². The maximum Gasteiger partial charge on any atom is 0.255 e. The van der Waals surface area contributed by atoms with E-state index in [0.717, 1.165) is 35.3 Å². The summed E-state index contributed by atoms with van der Waals surface area (Å²) in [5.41, 5.74) is 2.74. The Hall–Kier alpha value is -2.92. The van der Waals surface area contributed by atoms with Crippen LogP contribution in [0.15, 0.2) is 54.9 Å². The lowest BCUT2D eigenvalue weighted by molar-refractivity contribution is 0.102. The number of nitrogens with one attached hydrogen (secondary N) is 1. The molecule has 3 aromatic rings. The Morgan fingerprint density at radius 2 is 1.82 bits per heavy atom. The molecule has 1 aliphatic rings. The number of pyridine rings is 1. The molecule has 2 aromatic carbocycles. The van der Waals surface area contributed by atoms with E-state index in [1.54, 1.807) is 19.5 Å². The number of fused-ring (bicyclic) bond motifs is 1. The molecular formula is C23H25N3O2. The third-order valence-electron chi connectivity index (χ3n) is 5.61. The number of methoxy groups -OCH3 is 1. The first-order valence-electron chi connectivity index (χ1n) is 9.66. The second-order valence-electron chi connectivity index (χ2n) is 7.39. The fourth-order valence-corrected chi connectivity index (χ4v) is 3.89. The van der Waals surface area contributed by atoms with Gasteiger partial charge in [-0.25, -0.2) is 0 Å². The van der Waals surface area contributed by atoms with E-state index in [9.17, 15) is 4.79 Å². The SMILES string of the molecule is COc1ccc(NC(=O)c2ccc(C3CCN(C)CC3)cc2)c2ccncc12. The zero-order valence-corrected chi connectivity index (χ0v) is 16.3. The number of anilines is 1. The van der Waals surface area contributed by atoms with Gasteiger partial charge in [-0.1, -0.05) is 12.1 Å². The minimum atomic E-state index is -0.113. The van der Waals surface area contributed by atoms with Crippen molar-refractivity contribution in [3.63, 3.8) is 0 Å². The summed E-state index contributed by atoms with van der Waals surface area (Å²) in [4.78, 5) is 19.3.